The van der Waals surface area contributed by atoms with E-state index >= 15 is 0 Å². The van der Waals surface area contributed by atoms with Crippen LogP contribution in [0.1, 0.15) is 31.7 Å². The minimum Gasteiger partial charge on any atom is -0.344 e. The number of hydrogen-bond donors (Lipinski definition) is 2. The Morgan fingerprint density at radius 1 is 1.36 bits per heavy atom. The van der Waals surface area contributed by atoms with Crippen molar-refractivity contribution in [1.29, 1.82) is 0 Å². The van der Waals surface area contributed by atoms with Crippen LogP contribution in [0.25, 0.3) is 0 Å². The maximum atomic E-state index is 12.1. The third-order valence-electron chi connectivity index (χ3n) is 4.11. The number of amides is 3. The highest BCUT2D eigenvalue weighted by Crippen LogP contribution is 2.10. The highest BCUT2D eigenvalue weighted by Gasteiger charge is 2.24. The number of nitrogens with zero attached hydrogens (tertiary/aromatic N) is 1. The van der Waals surface area contributed by atoms with Crippen molar-refractivity contribution in [3.8, 4) is 0 Å². The fourth-order valence-electron chi connectivity index (χ4n) is 2.74. The van der Waals surface area contributed by atoms with Crippen LogP contribution in [0.4, 0.5) is 4.79 Å². The minimum atomic E-state index is -0.143. The van der Waals surface area contributed by atoms with Crippen LogP contribution in [0, 0.1) is 0 Å². The van der Waals surface area contributed by atoms with Crippen molar-refractivity contribution in [2.45, 2.75) is 44.7 Å². The van der Waals surface area contributed by atoms with Gasteiger partial charge in [0, 0.05) is 32.1 Å². The average molecular weight is 303 g/mol. The molecule has 3 amide bonds. The van der Waals surface area contributed by atoms with E-state index in [1.54, 1.807) is 11.9 Å². The van der Waals surface area contributed by atoms with Gasteiger partial charge in [-0.3, -0.25) is 4.79 Å². The number of likely N-dealkylation sites (tertiary alicyclic amines) is 1. The summed E-state index contributed by atoms with van der Waals surface area (Å²) in [7, 11) is 1.78. The molecule has 1 aliphatic heterocycles. The van der Waals surface area contributed by atoms with Crippen molar-refractivity contribution in [2.75, 3.05) is 13.6 Å². The number of carbonyl (C=O) groups excluding carboxylic acids is 2. The summed E-state index contributed by atoms with van der Waals surface area (Å²) in [4.78, 5) is 25.3. The number of piperidine rings is 1. The van der Waals surface area contributed by atoms with Gasteiger partial charge in [0.15, 0.2) is 0 Å². The lowest BCUT2D eigenvalue weighted by atomic mass is 10.0. The molecule has 120 valence electrons. The first-order chi connectivity index (χ1) is 10.6. The number of hydrogen-bond acceptors (Lipinski definition) is 2. The summed E-state index contributed by atoms with van der Waals surface area (Å²) >= 11 is 0. The highest BCUT2D eigenvalue weighted by molar-refractivity contribution is 5.78. The molecule has 0 spiro atoms. The summed E-state index contributed by atoms with van der Waals surface area (Å²) in [5.41, 5.74) is 1.22. The standard InChI is InChI=1S/C17H25N3O2/c1-3-14(11-13-7-5-4-6-8-13)18-17(22)19-15-9-10-16(21)20(2)12-15/h4-8,14-15H,3,9-12H2,1-2H3,(H2,18,19,22)/t14-,15+/m1/s1. The first kappa shape index (κ1) is 16.3. The third-order valence-corrected chi connectivity index (χ3v) is 4.11. The Morgan fingerprint density at radius 3 is 2.73 bits per heavy atom. The lowest BCUT2D eigenvalue weighted by molar-refractivity contribution is -0.132. The highest BCUT2D eigenvalue weighted by atomic mass is 16.2. The van der Waals surface area contributed by atoms with E-state index in [2.05, 4.69) is 29.7 Å². The van der Waals surface area contributed by atoms with Gasteiger partial charge in [-0.15, -0.1) is 0 Å². The second-order valence-corrected chi connectivity index (χ2v) is 5.92. The molecule has 5 heteroatoms. The van der Waals surface area contributed by atoms with Gasteiger partial charge in [0.2, 0.25) is 5.91 Å². The number of carbonyl (C=O) groups is 2. The van der Waals surface area contributed by atoms with E-state index in [0.717, 1.165) is 12.8 Å². The summed E-state index contributed by atoms with van der Waals surface area (Å²) in [5.74, 6) is 0.147. The molecule has 0 aliphatic carbocycles. The molecular weight excluding hydrogens is 278 g/mol. The zero-order valence-corrected chi connectivity index (χ0v) is 13.3. The van der Waals surface area contributed by atoms with Crippen LogP contribution in [0.5, 0.6) is 0 Å². The van der Waals surface area contributed by atoms with Gasteiger partial charge in [0.1, 0.15) is 0 Å². The van der Waals surface area contributed by atoms with Crippen molar-refractivity contribution in [1.82, 2.24) is 15.5 Å². The molecule has 2 atom stereocenters. The van der Waals surface area contributed by atoms with Crippen molar-refractivity contribution in [2.24, 2.45) is 0 Å². The van der Waals surface area contributed by atoms with E-state index in [1.165, 1.54) is 5.56 Å². The third kappa shape index (κ3) is 4.76. The van der Waals surface area contributed by atoms with Crippen LogP contribution in [-0.4, -0.2) is 42.5 Å². The summed E-state index contributed by atoms with van der Waals surface area (Å²) in [5, 5.41) is 6.01. The number of benzene rings is 1. The Hall–Kier alpha value is -2.04. The van der Waals surface area contributed by atoms with Crippen LogP contribution in [-0.2, 0) is 11.2 Å². The molecule has 1 aromatic carbocycles. The predicted octanol–water partition coefficient (Wildman–Crippen LogP) is 1.93. The Bertz CT molecular complexity index is 504. The van der Waals surface area contributed by atoms with Crippen LogP contribution in [0.2, 0.25) is 0 Å². The second-order valence-electron chi connectivity index (χ2n) is 5.92. The molecule has 5 nitrogen and oxygen atoms in total. The maximum absolute atomic E-state index is 12.1. The molecule has 1 fully saturated rings. The molecule has 1 heterocycles. The summed E-state index contributed by atoms with van der Waals surface area (Å²) in [6, 6.07) is 10.2. The number of rotatable bonds is 5. The lowest BCUT2D eigenvalue weighted by Crippen LogP contribution is -2.52. The molecule has 1 aliphatic rings. The Morgan fingerprint density at radius 2 is 2.09 bits per heavy atom. The monoisotopic (exact) mass is 303 g/mol. The predicted molar refractivity (Wildman–Crippen MR) is 86.6 cm³/mol. The Kier molecular flexibility index (Phi) is 5.81. The average Bonchev–Trinajstić information content (AvgIpc) is 2.51. The fourth-order valence-corrected chi connectivity index (χ4v) is 2.74. The van der Waals surface area contributed by atoms with Crippen molar-refractivity contribution < 1.29 is 9.59 Å². The van der Waals surface area contributed by atoms with Gasteiger partial charge in [-0.25, -0.2) is 4.79 Å². The summed E-state index contributed by atoms with van der Waals surface area (Å²) in [6.45, 7) is 2.66. The largest absolute Gasteiger partial charge is 0.344 e. The summed E-state index contributed by atoms with van der Waals surface area (Å²) < 4.78 is 0. The van der Waals surface area contributed by atoms with Crippen LogP contribution >= 0.6 is 0 Å². The normalized spacial score (nSPS) is 19.6. The fraction of sp³-hybridized carbons (Fsp3) is 0.529. The maximum Gasteiger partial charge on any atom is 0.315 e. The molecule has 0 unspecified atom stereocenters. The Balaban J connectivity index is 1.81. The number of urea groups is 1. The first-order valence-electron chi connectivity index (χ1n) is 7.93. The molecule has 2 N–H and O–H groups in total. The molecular formula is C17H25N3O2. The van der Waals surface area contributed by atoms with E-state index in [9.17, 15) is 9.59 Å². The van der Waals surface area contributed by atoms with Gasteiger partial charge < -0.3 is 15.5 Å². The van der Waals surface area contributed by atoms with E-state index < -0.39 is 0 Å². The van der Waals surface area contributed by atoms with Crippen molar-refractivity contribution in [3.05, 3.63) is 35.9 Å². The van der Waals surface area contributed by atoms with Gasteiger partial charge >= 0.3 is 6.03 Å². The number of likely N-dealkylation sites (N-methyl/N-ethyl adjacent to an activating group) is 1. The minimum absolute atomic E-state index is 0.0388. The second kappa shape index (κ2) is 7.82. The van der Waals surface area contributed by atoms with E-state index in [1.807, 2.05) is 18.2 Å². The lowest BCUT2D eigenvalue weighted by Gasteiger charge is -2.30. The summed E-state index contributed by atoms with van der Waals surface area (Å²) in [6.07, 6.45) is 2.92. The van der Waals surface area contributed by atoms with Crippen molar-refractivity contribution in [3.63, 3.8) is 0 Å². The van der Waals surface area contributed by atoms with E-state index in [0.29, 0.717) is 19.4 Å². The zero-order valence-electron chi connectivity index (χ0n) is 13.3. The van der Waals surface area contributed by atoms with Crippen molar-refractivity contribution >= 4 is 11.9 Å². The van der Waals surface area contributed by atoms with Crippen LogP contribution in [0.15, 0.2) is 30.3 Å². The van der Waals surface area contributed by atoms with Gasteiger partial charge in [0.25, 0.3) is 0 Å². The molecule has 2 rings (SSSR count). The van der Waals surface area contributed by atoms with Crippen LogP contribution in [0.3, 0.4) is 0 Å². The molecule has 0 saturated carbocycles. The SMILES string of the molecule is CC[C@H](Cc1ccccc1)NC(=O)N[C@H]1CCC(=O)N(C)C1. The Labute approximate surface area is 132 Å². The van der Waals surface area contributed by atoms with E-state index in [-0.39, 0.29) is 24.0 Å². The molecule has 0 bridgehead atoms. The molecule has 0 aromatic heterocycles. The molecule has 1 aromatic rings. The van der Waals surface area contributed by atoms with Gasteiger partial charge in [-0.05, 0) is 24.8 Å². The van der Waals surface area contributed by atoms with Gasteiger partial charge in [-0.2, -0.15) is 0 Å². The van der Waals surface area contributed by atoms with E-state index in [4.69, 9.17) is 0 Å². The van der Waals surface area contributed by atoms with Crippen LogP contribution < -0.4 is 10.6 Å². The smallest absolute Gasteiger partial charge is 0.315 e. The quantitative estimate of drug-likeness (QED) is 0.873. The molecule has 0 radical (unpaired) electrons. The molecule has 22 heavy (non-hydrogen) atoms. The zero-order chi connectivity index (χ0) is 15.9. The first-order valence-corrected chi connectivity index (χ1v) is 7.93. The molecule has 1 saturated heterocycles. The number of nitrogens with one attached hydrogen (secondary N) is 2. The van der Waals surface area contributed by atoms with Gasteiger partial charge in [0.05, 0.1) is 0 Å². The topological polar surface area (TPSA) is 61.4 Å². The van der Waals surface area contributed by atoms with Gasteiger partial charge in [-0.1, -0.05) is 37.3 Å².